The Bertz CT molecular complexity index is 608. The molecule has 2 heterocycles. The fourth-order valence-electron chi connectivity index (χ4n) is 1.80. The van der Waals surface area contributed by atoms with Crippen LogP contribution in [0.25, 0.3) is 0 Å². The molecule has 0 amide bonds. The van der Waals surface area contributed by atoms with Crippen molar-refractivity contribution in [3.63, 3.8) is 0 Å². The topological polar surface area (TPSA) is 38.7 Å². The molecule has 23 heavy (non-hydrogen) atoms. The van der Waals surface area contributed by atoms with Crippen molar-refractivity contribution in [1.82, 2.24) is 15.0 Å². The summed E-state index contributed by atoms with van der Waals surface area (Å²) >= 11 is 0. The molecular formula is C17H22F3N3. The number of aromatic nitrogens is 3. The summed E-state index contributed by atoms with van der Waals surface area (Å²) in [6, 6.07) is 3.98. The van der Waals surface area contributed by atoms with Crippen molar-refractivity contribution >= 4 is 0 Å². The van der Waals surface area contributed by atoms with Crippen molar-refractivity contribution in [1.29, 1.82) is 0 Å². The largest absolute Gasteiger partial charge is 0.416 e. The Morgan fingerprint density at radius 1 is 1.00 bits per heavy atom. The first-order chi connectivity index (χ1) is 10.9. The normalized spacial score (nSPS) is 13.3. The summed E-state index contributed by atoms with van der Waals surface area (Å²) in [6.07, 6.45) is 1.37. The van der Waals surface area contributed by atoms with Gasteiger partial charge in [-0.1, -0.05) is 13.8 Å². The van der Waals surface area contributed by atoms with Crippen LogP contribution in [0.15, 0.2) is 30.6 Å². The molecule has 2 aromatic heterocycles. The summed E-state index contributed by atoms with van der Waals surface area (Å²) in [6.45, 7) is 7.46. The standard InChI is InChI=1S/C8H10N2.C7H6F3N.C2H6/c1-6-9-5-4-8(10-6)7-2-3-7;1-5-4-6(2-3-11-5)7(8,9)10;1-2/h4-5,7H,2-3H2,1H3;2-4H,1H3;1-2H3. The summed E-state index contributed by atoms with van der Waals surface area (Å²) in [7, 11) is 0. The Morgan fingerprint density at radius 3 is 2.04 bits per heavy atom. The Labute approximate surface area is 135 Å². The highest BCUT2D eigenvalue weighted by Crippen LogP contribution is 2.38. The van der Waals surface area contributed by atoms with E-state index in [4.69, 9.17) is 0 Å². The third kappa shape index (κ3) is 6.76. The van der Waals surface area contributed by atoms with Gasteiger partial charge in [-0.3, -0.25) is 4.98 Å². The van der Waals surface area contributed by atoms with Crippen LogP contribution in [0.3, 0.4) is 0 Å². The van der Waals surface area contributed by atoms with E-state index >= 15 is 0 Å². The highest BCUT2D eigenvalue weighted by Gasteiger charge is 2.30. The Hall–Kier alpha value is -1.98. The lowest BCUT2D eigenvalue weighted by Crippen LogP contribution is -2.05. The quantitative estimate of drug-likeness (QED) is 0.732. The van der Waals surface area contributed by atoms with Gasteiger partial charge in [0.1, 0.15) is 5.82 Å². The second kappa shape index (κ2) is 8.60. The van der Waals surface area contributed by atoms with Crippen molar-refractivity contribution in [2.45, 2.75) is 52.6 Å². The molecule has 6 heteroatoms. The first-order valence-electron chi connectivity index (χ1n) is 7.65. The van der Waals surface area contributed by atoms with Gasteiger partial charge in [0, 0.05) is 29.7 Å². The van der Waals surface area contributed by atoms with E-state index in [2.05, 4.69) is 15.0 Å². The number of pyridine rings is 1. The van der Waals surface area contributed by atoms with E-state index in [0.29, 0.717) is 5.69 Å². The number of hydrogen-bond donors (Lipinski definition) is 0. The zero-order valence-electron chi connectivity index (χ0n) is 13.9. The van der Waals surface area contributed by atoms with E-state index in [1.807, 2.05) is 33.0 Å². The number of alkyl halides is 3. The summed E-state index contributed by atoms with van der Waals surface area (Å²) in [4.78, 5) is 12.0. The van der Waals surface area contributed by atoms with Crippen LogP contribution in [-0.2, 0) is 6.18 Å². The Morgan fingerprint density at radius 2 is 1.61 bits per heavy atom. The third-order valence-electron chi connectivity index (χ3n) is 3.02. The number of rotatable bonds is 1. The molecule has 126 valence electrons. The van der Waals surface area contributed by atoms with Crippen molar-refractivity contribution < 1.29 is 13.2 Å². The average molecular weight is 325 g/mol. The zero-order valence-corrected chi connectivity index (χ0v) is 13.9. The lowest BCUT2D eigenvalue weighted by molar-refractivity contribution is -0.137. The molecule has 0 aliphatic heterocycles. The van der Waals surface area contributed by atoms with Crippen LogP contribution >= 0.6 is 0 Å². The molecule has 0 radical (unpaired) electrons. The fourth-order valence-corrected chi connectivity index (χ4v) is 1.80. The Balaban J connectivity index is 0.000000208. The number of aryl methyl sites for hydroxylation is 2. The van der Waals surface area contributed by atoms with Crippen molar-refractivity contribution in [3.05, 3.63) is 53.4 Å². The van der Waals surface area contributed by atoms with Crippen LogP contribution in [0.2, 0.25) is 0 Å². The maximum atomic E-state index is 11.9. The SMILES string of the molecule is CC.Cc1cc(C(F)(F)F)ccn1.Cc1nccc(C2CC2)n1. The summed E-state index contributed by atoms with van der Waals surface area (Å²) in [5, 5.41) is 0. The van der Waals surface area contributed by atoms with Gasteiger partial charge in [-0.15, -0.1) is 0 Å². The molecule has 0 spiro atoms. The molecule has 3 rings (SSSR count). The third-order valence-corrected chi connectivity index (χ3v) is 3.02. The maximum Gasteiger partial charge on any atom is 0.416 e. The van der Waals surface area contributed by atoms with Gasteiger partial charge in [-0.05, 0) is 44.9 Å². The van der Waals surface area contributed by atoms with Gasteiger partial charge >= 0.3 is 6.18 Å². The molecule has 2 aromatic rings. The van der Waals surface area contributed by atoms with Gasteiger partial charge in [-0.2, -0.15) is 13.2 Å². The minimum absolute atomic E-state index is 0.375. The predicted octanol–water partition coefficient (Wildman–Crippen LogP) is 5.10. The molecule has 0 bridgehead atoms. The molecule has 1 aliphatic rings. The molecule has 1 aliphatic carbocycles. The summed E-state index contributed by atoms with van der Waals surface area (Å²) in [5.41, 5.74) is 0.956. The van der Waals surface area contributed by atoms with Gasteiger partial charge < -0.3 is 0 Å². The van der Waals surface area contributed by atoms with E-state index in [0.717, 1.165) is 30.1 Å². The summed E-state index contributed by atoms with van der Waals surface area (Å²) in [5.74, 6) is 1.64. The number of halogens is 3. The van der Waals surface area contributed by atoms with Gasteiger partial charge in [0.15, 0.2) is 0 Å². The smallest absolute Gasteiger partial charge is 0.262 e. The first-order valence-corrected chi connectivity index (χ1v) is 7.65. The molecule has 3 nitrogen and oxygen atoms in total. The fraction of sp³-hybridized carbons (Fsp3) is 0.471. The van der Waals surface area contributed by atoms with Crippen LogP contribution < -0.4 is 0 Å². The lowest BCUT2D eigenvalue weighted by atomic mass is 10.2. The van der Waals surface area contributed by atoms with Crippen LogP contribution in [-0.4, -0.2) is 15.0 Å². The molecule has 0 aromatic carbocycles. The minimum atomic E-state index is -4.26. The van der Waals surface area contributed by atoms with Crippen LogP contribution in [0.4, 0.5) is 13.2 Å². The molecule has 1 saturated carbocycles. The molecule has 0 atom stereocenters. The highest BCUT2D eigenvalue weighted by molar-refractivity contribution is 5.18. The molecule has 0 unspecified atom stereocenters. The monoisotopic (exact) mass is 325 g/mol. The van der Waals surface area contributed by atoms with E-state index in [1.54, 1.807) is 0 Å². The van der Waals surface area contributed by atoms with Gasteiger partial charge in [0.05, 0.1) is 5.56 Å². The average Bonchev–Trinajstić information content (AvgIpc) is 3.34. The molecule has 0 N–H and O–H groups in total. The van der Waals surface area contributed by atoms with Crippen LogP contribution in [0.1, 0.15) is 55.4 Å². The number of nitrogens with zero attached hydrogens (tertiary/aromatic N) is 3. The van der Waals surface area contributed by atoms with E-state index in [-0.39, 0.29) is 0 Å². The van der Waals surface area contributed by atoms with Crippen molar-refractivity contribution in [2.75, 3.05) is 0 Å². The lowest BCUT2D eigenvalue weighted by Gasteiger charge is -2.05. The van der Waals surface area contributed by atoms with Gasteiger partial charge in [-0.25, -0.2) is 9.97 Å². The van der Waals surface area contributed by atoms with Crippen molar-refractivity contribution in [3.8, 4) is 0 Å². The summed E-state index contributed by atoms with van der Waals surface area (Å²) < 4.78 is 35.8. The second-order valence-corrected chi connectivity index (χ2v) is 4.99. The van der Waals surface area contributed by atoms with E-state index in [9.17, 15) is 13.2 Å². The van der Waals surface area contributed by atoms with E-state index in [1.165, 1.54) is 25.5 Å². The Kier molecular flexibility index (Phi) is 7.13. The molecule has 1 fully saturated rings. The number of hydrogen-bond acceptors (Lipinski definition) is 3. The predicted molar refractivity (Wildman–Crippen MR) is 84.1 cm³/mol. The minimum Gasteiger partial charge on any atom is -0.262 e. The highest BCUT2D eigenvalue weighted by atomic mass is 19.4. The molecular weight excluding hydrogens is 303 g/mol. The van der Waals surface area contributed by atoms with Gasteiger partial charge in [0.25, 0.3) is 0 Å². The van der Waals surface area contributed by atoms with Crippen LogP contribution in [0.5, 0.6) is 0 Å². The van der Waals surface area contributed by atoms with Crippen molar-refractivity contribution in [2.24, 2.45) is 0 Å². The second-order valence-electron chi connectivity index (χ2n) is 4.99. The maximum absolute atomic E-state index is 11.9. The first kappa shape index (κ1) is 19.1. The molecule has 0 saturated heterocycles. The van der Waals surface area contributed by atoms with Gasteiger partial charge in [0.2, 0.25) is 0 Å². The zero-order chi connectivity index (χ0) is 17.5. The van der Waals surface area contributed by atoms with E-state index < -0.39 is 11.7 Å². The van der Waals surface area contributed by atoms with Crippen LogP contribution in [0, 0.1) is 13.8 Å².